The highest BCUT2D eigenvalue weighted by Gasteiger charge is 2.35. The largest absolute Gasteiger partial charge is 0.445 e. The number of anilines is 1. The van der Waals surface area contributed by atoms with E-state index in [9.17, 15) is 9.59 Å². The number of ether oxygens (including phenoxy) is 1. The van der Waals surface area contributed by atoms with Crippen molar-refractivity contribution in [3.8, 4) is 11.3 Å². The van der Waals surface area contributed by atoms with Crippen molar-refractivity contribution >= 4 is 28.5 Å². The summed E-state index contributed by atoms with van der Waals surface area (Å²) >= 11 is 1.37. The lowest BCUT2D eigenvalue weighted by molar-refractivity contribution is -0.120. The predicted molar refractivity (Wildman–Crippen MR) is 113 cm³/mol. The number of hydrogen-bond acceptors (Lipinski definition) is 5. The zero-order chi connectivity index (χ0) is 20.1. The summed E-state index contributed by atoms with van der Waals surface area (Å²) < 4.78 is 5.40. The van der Waals surface area contributed by atoms with Gasteiger partial charge < -0.3 is 10.1 Å². The van der Waals surface area contributed by atoms with Gasteiger partial charge in [-0.1, -0.05) is 60.7 Å². The number of aromatic nitrogens is 1. The first-order valence-corrected chi connectivity index (χ1v) is 10.4. The SMILES string of the molecule is O=C(Nc1nc(-c2ccccc2)cs1)C1CCCN1C(=O)OCc1ccccc1. The van der Waals surface area contributed by atoms with E-state index in [1.165, 1.54) is 16.2 Å². The van der Waals surface area contributed by atoms with Gasteiger partial charge in [0.05, 0.1) is 5.69 Å². The molecule has 1 saturated heterocycles. The molecular formula is C22H21N3O3S. The summed E-state index contributed by atoms with van der Waals surface area (Å²) in [5, 5.41) is 5.29. The van der Waals surface area contributed by atoms with Gasteiger partial charge in [-0.05, 0) is 18.4 Å². The Morgan fingerprint density at radius 1 is 1.10 bits per heavy atom. The molecule has 2 aromatic carbocycles. The van der Waals surface area contributed by atoms with Crippen LogP contribution in [-0.2, 0) is 16.1 Å². The molecule has 1 aliphatic rings. The third-order valence-electron chi connectivity index (χ3n) is 4.80. The summed E-state index contributed by atoms with van der Waals surface area (Å²) in [4.78, 5) is 31.2. The van der Waals surface area contributed by atoms with Crippen LogP contribution in [0, 0.1) is 0 Å². The quantitative estimate of drug-likeness (QED) is 0.674. The number of hydrogen-bond donors (Lipinski definition) is 1. The second kappa shape index (κ2) is 8.87. The normalized spacial score (nSPS) is 15.9. The molecule has 29 heavy (non-hydrogen) atoms. The van der Waals surface area contributed by atoms with E-state index in [-0.39, 0.29) is 12.5 Å². The van der Waals surface area contributed by atoms with Crippen LogP contribution in [0.4, 0.5) is 9.93 Å². The second-order valence-electron chi connectivity index (χ2n) is 6.78. The van der Waals surface area contributed by atoms with Gasteiger partial charge in [-0.25, -0.2) is 9.78 Å². The van der Waals surface area contributed by atoms with E-state index >= 15 is 0 Å². The van der Waals surface area contributed by atoms with Gasteiger partial charge >= 0.3 is 6.09 Å². The monoisotopic (exact) mass is 407 g/mol. The van der Waals surface area contributed by atoms with Crippen LogP contribution in [0.1, 0.15) is 18.4 Å². The van der Waals surface area contributed by atoms with Crippen molar-refractivity contribution in [2.75, 3.05) is 11.9 Å². The van der Waals surface area contributed by atoms with Gasteiger partial charge in [-0.3, -0.25) is 9.69 Å². The van der Waals surface area contributed by atoms with Gasteiger partial charge in [0, 0.05) is 17.5 Å². The van der Waals surface area contributed by atoms with Crippen LogP contribution in [0.25, 0.3) is 11.3 Å². The number of nitrogens with zero attached hydrogens (tertiary/aromatic N) is 2. The van der Waals surface area contributed by atoms with Crippen LogP contribution in [-0.4, -0.2) is 34.5 Å². The first-order valence-electron chi connectivity index (χ1n) is 9.50. The first kappa shape index (κ1) is 19.1. The van der Waals surface area contributed by atoms with Gasteiger partial charge in [-0.15, -0.1) is 11.3 Å². The van der Waals surface area contributed by atoms with E-state index in [4.69, 9.17) is 4.74 Å². The van der Waals surface area contributed by atoms with Crippen LogP contribution in [0.3, 0.4) is 0 Å². The maximum Gasteiger partial charge on any atom is 0.410 e. The Hall–Kier alpha value is -3.19. The molecule has 1 unspecified atom stereocenters. The predicted octanol–water partition coefficient (Wildman–Crippen LogP) is 4.55. The molecule has 0 radical (unpaired) electrons. The maximum atomic E-state index is 12.8. The summed E-state index contributed by atoms with van der Waals surface area (Å²) in [5.74, 6) is -0.229. The van der Waals surface area contributed by atoms with E-state index in [1.54, 1.807) is 0 Å². The minimum atomic E-state index is -0.539. The fourth-order valence-corrected chi connectivity index (χ4v) is 4.04. The number of carbonyl (C=O) groups excluding carboxylic acids is 2. The minimum absolute atomic E-state index is 0.192. The maximum absolute atomic E-state index is 12.8. The Morgan fingerprint density at radius 3 is 2.59 bits per heavy atom. The van der Waals surface area contributed by atoms with Crippen molar-refractivity contribution in [1.29, 1.82) is 0 Å². The summed E-state index contributed by atoms with van der Waals surface area (Å²) in [6.07, 6.45) is 0.921. The molecule has 0 spiro atoms. The fraction of sp³-hybridized carbons (Fsp3) is 0.227. The average Bonchev–Trinajstić information content (AvgIpc) is 3.43. The van der Waals surface area contributed by atoms with Gasteiger partial charge in [-0.2, -0.15) is 0 Å². The number of nitrogens with one attached hydrogen (secondary N) is 1. The third-order valence-corrected chi connectivity index (χ3v) is 5.56. The van der Waals surface area contributed by atoms with E-state index < -0.39 is 12.1 Å². The molecular weight excluding hydrogens is 386 g/mol. The molecule has 3 aromatic rings. The Morgan fingerprint density at radius 2 is 1.83 bits per heavy atom. The van der Waals surface area contributed by atoms with Crippen molar-refractivity contribution in [3.63, 3.8) is 0 Å². The van der Waals surface area contributed by atoms with Crippen molar-refractivity contribution in [3.05, 3.63) is 71.6 Å². The molecule has 148 valence electrons. The lowest BCUT2D eigenvalue weighted by Gasteiger charge is -2.22. The lowest BCUT2D eigenvalue weighted by Crippen LogP contribution is -2.43. The highest BCUT2D eigenvalue weighted by atomic mass is 32.1. The Balaban J connectivity index is 1.36. The molecule has 2 heterocycles. The first-order chi connectivity index (χ1) is 14.2. The van der Waals surface area contributed by atoms with Crippen LogP contribution in [0.2, 0.25) is 0 Å². The highest BCUT2D eigenvalue weighted by molar-refractivity contribution is 7.14. The minimum Gasteiger partial charge on any atom is -0.445 e. The summed E-state index contributed by atoms with van der Waals surface area (Å²) in [5.41, 5.74) is 2.73. The lowest BCUT2D eigenvalue weighted by atomic mass is 10.2. The molecule has 0 saturated carbocycles. The molecule has 4 rings (SSSR count). The number of likely N-dealkylation sites (tertiary alicyclic amines) is 1. The zero-order valence-corrected chi connectivity index (χ0v) is 16.6. The molecule has 1 atom stereocenters. The van der Waals surface area contributed by atoms with E-state index in [0.717, 1.165) is 23.2 Å². The van der Waals surface area contributed by atoms with Gasteiger partial charge in [0.2, 0.25) is 5.91 Å². The molecule has 6 nitrogen and oxygen atoms in total. The number of benzene rings is 2. The van der Waals surface area contributed by atoms with Crippen LogP contribution < -0.4 is 5.32 Å². The van der Waals surface area contributed by atoms with Crippen LogP contribution in [0.15, 0.2) is 66.0 Å². The summed E-state index contributed by atoms with van der Waals surface area (Å²) in [7, 11) is 0. The van der Waals surface area contributed by atoms with Crippen molar-refractivity contribution < 1.29 is 14.3 Å². The highest BCUT2D eigenvalue weighted by Crippen LogP contribution is 2.26. The molecule has 7 heteroatoms. The Kier molecular flexibility index (Phi) is 5.86. The summed E-state index contributed by atoms with van der Waals surface area (Å²) in [6, 6.07) is 18.8. The third kappa shape index (κ3) is 4.63. The van der Waals surface area contributed by atoms with Crippen molar-refractivity contribution in [2.24, 2.45) is 0 Å². The molecule has 1 fully saturated rings. The Bertz CT molecular complexity index is 975. The molecule has 1 N–H and O–H groups in total. The topological polar surface area (TPSA) is 71.5 Å². The molecule has 0 aliphatic carbocycles. The summed E-state index contributed by atoms with van der Waals surface area (Å²) in [6.45, 7) is 0.705. The van der Waals surface area contributed by atoms with Gasteiger partial charge in [0.15, 0.2) is 5.13 Å². The molecule has 1 aromatic heterocycles. The average molecular weight is 407 g/mol. The number of carbonyl (C=O) groups is 2. The van der Waals surface area contributed by atoms with E-state index in [1.807, 2.05) is 66.0 Å². The number of thiazole rings is 1. The van der Waals surface area contributed by atoms with Gasteiger partial charge in [0.25, 0.3) is 0 Å². The number of amides is 2. The zero-order valence-electron chi connectivity index (χ0n) is 15.8. The molecule has 0 bridgehead atoms. The van der Waals surface area contributed by atoms with Crippen molar-refractivity contribution in [2.45, 2.75) is 25.5 Å². The van der Waals surface area contributed by atoms with E-state index in [2.05, 4.69) is 10.3 Å². The standard InChI is InChI=1S/C22H21N3O3S/c26-20(24-21-23-18(15-29-21)17-10-5-2-6-11-17)19-12-7-13-25(19)22(27)28-14-16-8-3-1-4-9-16/h1-6,8-11,15,19H,7,12-14H2,(H,23,24,26). The number of rotatable bonds is 5. The molecule has 1 aliphatic heterocycles. The van der Waals surface area contributed by atoms with Gasteiger partial charge in [0.1, 0.15) is 12.6 Å². The fourth-order valence-electron chi connectivity index (χ4n) is 3.32. The second-order valence-corrected chi connectivity index (χ2v) is 7.64. The Labute approximate surface area is 173 Å². The van der Waals surface area contributed by atoms with Crippen molar-refractivity contribution in [1.82, 2.24) is 9.88 Å². The van der Waals surface area contributed by atoms with Crippen LogP contribution >= 0.6 is 11.3 Å². The smallest absolute Gasteiger partial charge is 0.410 e. The van der Waals surface area contributed by atoms with E-state index in [0.29, 0.717) is 18.1 Å². The van der Waals surface area contributed by atoms with Crippen LogP contribution in [0.5, 0.6) is 0 Å². The molecule has 2 amide bonds.